The lowest BCUT2D eigenvalue weighted by atomic mass is 9.92. The third-order valence-corrected chi connectivity index (χ3v) is 4.69. The van der Waals surface area contributed by atoms with E-state index in [2.05, 4.69) is 21.6 Å². The maximum Gasteiger partial charge on any atom is 0.522 e. The van der Waals surface area contributed by atoms with E-state index in [1.54, 1.807) is 10.8 Å². The third kappa shape index (κ3) is 6.59. The monoisotopic (exact) mass is 445 g/mol. The predicted octanol–water partition coefficient (Wildman–Crippen LogP) is 3.89. The van der Waals surface area contributed by atoms with E-state index in [0.29, 0.717) is 17.8 Å². The molecule has 1 heterocycles. The van der Waals surface area contributed by atoms with Gasteiger partial charge in [0, 0.05) is 49.3 Å². The number of carbonyl (C=O) groups is 1. The average Bonchev–Trinajstić information content (AvgIpc) is 3.12. The number of benzene rings is 1. The molecule has 11 heteroatoms. The van der Waals surface area contributed by atoms with E-state index < -0.39 is 36.1 Å². The summed E-state index contributed by atoms with van der Waals surface area (Å²) in [4.78, 5) is 15.9. The maximum atomic E-state index is 13.9. The molecule has 0 aliphatic heterocycles. The van der Waals surface area contributed by atoms with Crippen LogP contribution in [0.1, 0.15) is 19.3 Å². The molecule has 168 valence electrons. The van der Waals surface area contributed by atoms with Crippen LogP contribution in [0.15, 0.2) is 37.3 Å². The number of halogens is 5. The molecule has 1 aromatic heterocycles. The number of carbonyl (C=O) groups excluding carboxylic acids is 1. The summed E-state index contributed by atoms with van der Waals surface area (Å²) in [6, 6.07) is 3.20. The normalized spacial score (nSPS) is 18.5. The predicted molar refractivity (Wildman–Crippen MR) is 100 cm³/mol. The molecule has 1 amide bonds. The first-order valence-electron chi connectivity index (χ1n) is 9.41. The highest BCUT2D eigenvalue weighted by Gasteiger charge is 2.40. The zero-order valence-corrected chi connectivity index (χ0v) is 16.3. The van der Waals surface area contributed by atoms with Gasteiger partial charge in [0.1, 0.15) is 18.2 Å². The quantitative estimate of drug-likeness (QED) is 0.595. The highest BCUT2D eigenvalue weighted by Crippen LogP contribution is 2.32. The topological polar surface area (TPSA) is 65.4 Å². The lowest BCUT2D eigenvalue weighted by molar-refractivity contribution is -0.357. The summed E-state index contributed by atoms with van der Waals surface area (Å²) in [5.74, 6) is -1.82. The number of ether oxygens (including phenoxy) is 2. The second-order valence-corrected chi connectivity index (χ2v) is 7.05. The van der Waals surface area contributed by atoms with Gasteiger partial charge in [0.2, 0.25) is 5.91 Å². The van der Waals surface area contributed by atoms with Gasteiger partial charge in [-0.3, -0.25) is 9.53 Å². The summed E-state index contributed by atoms with van der Waals surface area (Å²) in [7, 11) is 0. The zero-order valence-electron chi connectivity index (χ0n) is 16.3. The summed E-state index contributed by atoms with van der Waals surface area (Å²) in [5, 5.41) is 2.62. The molecule has 2 aromatic rings. The van der Waals surface area contributed by atoms with E-state index in [4.69, 9.17) is 4.74 Å². The number of nitrogens with zero attached hydrogens (tertiary/aromatic N) is 2. The van der Waals surface area contributed by atoms with Crippen molar-refractivity contribution in [1.29, 1.82) is 0 Å². The van der Waals surface area contributed by atoms with Crippen molar-refractivity contribution in [3.8, 4) is 11.3 Å². The molecule has 3 rings (SSSR count). The van der Waals surface area contributed by atoms with Crippen LogP contribution >= 0.6 is 0 Å². The minimum Gasteiger partial charge on any atom is -0.368 e. The summed E-state index contributed by atoms with van der Waals surface area (Å²) < 4.78 is 73.7. The summed E-state index contributed by atoms with van der Waals surface area (Å²) in [6.45, 7) is 3.85. The molecule has 0 atom stereocenters. The van der Waals surface area contributed by atoms with Crippen LogP contribution in [-0.4, -0.2) is 47.2 Å². The standard InChI is InChI=1S/C20H20F5N3O3/c1-12(28-9-18(27-11-28)16-3-2-13(21)6-17(16)22)4-5-26-19(29)10-30-14-7-15(8-14)31-20(23,24)25/h2-3,6,9,11,14-15H,1,4-5,7-8,10H2,(H,26,29)/t14-,15+. The Labute approximate surface area is 174 Å². The SMILES string of the molecule is C=C(CCNC(=O)CO[C@H]1C[C@@H](OC(F)(F)F)C1)n1cnc(-c2ccc(F)cc2F)c1. The Hall–Kier alpha value is -2.79. The molecular weight excluding hydrogens is 425 g/mol. The molecule has 1 N–H and O–H groups in total. The second-order valence-electron chi connectivity index (χ2n) is 7.05. The van der Waals surface area contributed by atoms with Crippen LogP contribution in [-0.2, 0) is 14.3 Å². The number of hydrogen-bond donors (Lipinski definition) is 1. The molecular formula is C20H20F5N3O3. The molecule has 0 radical (unpaired) electrons. The van der Waals surface area contributed by atoms with Gasteiger partial charge in [0.15, 0.2) is 0 Å². The smallest absolute Gasteiger partial charge is 0.368 e. The van der Waals surface area contributed by atoms with Crippen molar-refractivity contribution in [2.45, 2.75) is 37.8 Å². The van der Waals surface area contributed by atoms with Gasteiger partial charge in [-0.25, -0.2) is 13.8 Å². The van der Waals surface area contributed by atoms with Gasteiger partial charge in [-0.1, -0.05) is 6.58 Å². The Morgan fingerprint density at radius 1 is 1.26 bits per heavy atom. The van der Waals surface area contributed by atoms with Gasteiger partial charge in [-0.15, -0.1) is 13.2 Å². The second kappa shape index (κ2) is 9.56. The number of imidazole rings is 1. The first kappa shape index (κ1) is 22.9. The Kier molecular flexibility index (Phi) is 7.06. The van der Waals surface area contributed by atoms with Crippen LogP contribution in [0.4, 0.5) is 22.0 Å². The molecule has 1 aliphatic rings. The van der Waals surface area contributed by atoms with Crippen LogP contribution < -0.4 is 5.32 Å². The van der Waals surface area contributed by atoms with Crippen molar-refractivity contribution in [2.24, 2.45) is 0 Å². The minimum atomic E-state index is -4.67. The number of aromatic nitrogens is 2. The summed E-state index contributed by atoms with van der Waals surface area (Å²) in [5.41, 5.74) is 1.04. The van der Waals surface area contributed by atoms with E-state index >= 15 is 0 Å². The van der Waals surface area contributed by atoms with Crippen molar-refractivity contribution in [3.05, 3.63) is 48.9 Å². The van der Waals surface area contributed by atoms with Gasteiger partial charge < -0.3 is 14.6 Å². The summed E-state index contributed by atoms with van der Waals surface area (Å²) in [6.07, 6.45) is -2.54. The number of amides is 1. The lowest BCUT2D eigenvalue weighted by Crippen LogP contribution is -2.42. The molecule has 1 saturated carbocycles. The third-order valence-electron chi connectivity index (χ3n) is 4.69. The van der Waals surface area contributed by atoms with Crippen LogP contribution in [0.5, 0.6) is 0 Å². The molecule has 0 unspecified atom stereocenters. The van der Waals surface area contributed by atoms with Crippen LogP contribution in [0.25, 0.3) is 17.0 Å². The molecule has 1 aromatic carbocycles. The molecule has 0 spiro atoms. The summed E-state index contributed by atoms with van der Waals surface area (Å²) >= 11 is 0. The minimum absolute atomic E-state index is 0.0845. The van der Waals surface area contributed by atoms with Crippen LogP contribution in [0.3, 0.4) is 0 Å². The maximum absolute atomic E-state index is 13.9. The van der Waals surface area contributed by atoms with Gasteiger partial charge in [-0.05, 0) is 12.1 Å². The number of alkyl halides is 3. The fourth-order valence-corrected chi connectivity index (χ4v) is 2.99. The lowest BCUT2D eigenvalue weighted by Gasteiger charge is -2.34. The van der Waals surface area contributed by atoms with Crippen molar-refractivity contribution in [2.75, 3.05) is 13.2 Å². The Balaban J connectivity index is 1.36. The van der Waals surface area contributed by atoms with Crippen LogP contribution in [0, 0.1) is 11.6 Å². The number of hydrogen-bond acceptors (Lipinski definition) is 4. The van der Waals surface area contributed by atoms with Crippen LogP contribution in [0.2, 0.25) is 0 Å². The van der Waals surface area contributed by atoms with Crippen molar-refractivity contribution < 1.29 is 36.2 Å². The highest BCUT2D eigenvalue weighted by atomic mass is 19.4. The van der Waals surface area contributed by atoms with E-state index in [0.717, 1.165) is 12.1 Å². The Morgan fingerprint density at radius 3 is 2.68 bits per heavy atom. The largest absolute Gasteiger partial charge is 0.522 e. The van der Waals surface area contributed by atoms with Gasteiger partial charge in [0.05, 0.1) is 24.2 Å². The van der Waals surface area contributed by atoms with Gasteiger partial charge in [0.25, 0.3) is 0 Å². The highest BCUT2D eigenvalue weighted by molar-refractivity contribution is 5.77. The van der Waals surface area contributed by atoms with Gasteiger partial charge >= 0.3 is 6.36 Å². The molecule has 31 heavy (non-hydrogen) atoms. The molecule has 1 fully saturated rings. The van der Waals surface area contributed by atoms with E-state index in [1.807, 2.05) is 0 Å². The Bertz CT molecular complexity index is 938. The zero-order chi connectivity index (χ0) is 22.6. The van der Waals surface area contributed by atoms with E-state index in [9.17, 15) is 26.7 Å². The van der Waals surface area contributed by atoms with Crippen molar-refractivity contribution in [1.82, 2.24) is 14.9 Å². The number of nitrogens with one attached hydrogen (secondary N) is 1. The molecule has 0 saturated heterocycles. The fraction of sp³-hybridized carbons (Fsp3) is 0.400. The first-order chi connectivity index (χ1) is 14.6. The Morgan fingerprint density at radius 2 is 2.00 bits per heavy atom. The van der Waals surface area contributed by atoms with Crippen molar-refractivity contribution in [3.63, 3.8) is 0 Å². The van der Waals surface area contributed by atoms with E-state index in [1.165, 1.54) is 12.4 Å². The first-order valence-corrected chi connectivity index (χ1v) is 9.41. The molecule has 1 aliphatic carbocycles. The fourth-order valence-electron chi connectivity index (χ4n) is 2.99. The number of rotatable bonds is 9. The van der Waals surface area contributed by atoms with Crippen molar-refractivity contribution >= 4 is 11.6 Å². The van der Waals surface area contributed by atoms with Gasteiger partial charge in [-0.2, -0.15) is 0 Å². The molecule has 0 bridgehead atoms. The molecule has 6 nitrogen and oxygen atoms in total. The van der Waals surface area contributed by atoms with E-state index in [-0.39, 0.29) is 31.6 Å². The average molecular weight is 445 g/mol.